The zero-order valence-corrected chi connectivity index (χ0v) is 24.3. The Balaban J connectivity index is 1.09. The highest BCUT2D eigenvalue weighted by atomic mass is 19.4. The fraction of sp³-hybridized carbons (Fsp3) is 0.394. The molecule has 0 bridgehead atoms. The third-order valence-electron chi connectivity index (χ3n) is 8.19. The van der Waals surface area contributed by atoms with E-state index in [1.807, 2.05) is 35.6 Å². The average molecular weight is 634 g/mol. The number of fused-ring (bicyclic) bond motifs is 3. The van der Waals surface area contributed by atoms with E-state index in [-0.39, 0.29) is 11.6 Å². The van der Waals surface area contributed by atoms with Crippen LogP contribution in [0.5, 0.6) is 5.75 Å². The number of piperidine rings is 1. The van der Waals surface area contributed by atoms with Gasteiger partial charge in [0.05, 0.1) is 11.5 Å². The third-order valence-corrected chi connectivity index (χ3v) is 8.19. The number of hydrogen-bond acceptors (Lipinski definition) is 4. The SMILES string of the molecule is O=C(NC1CCN(CCCCc2ccc3c(c2)-c2ccccc2C3C(=O)NCC(F)(F)F)CC1)c1ccccc1OC(F)(F)F. The first kappa shape index (κ1) is 32.3. The number of benzene rings is 3. The number of nitrogens with one attached hydrogen (secondary N) is 2. The maximum Gasteiger partial charge on any atom is 0.573 e. The van der Waals surface area contributed by atoms with Crippen LogP contribution in [0.4, 0.5) is 26.3 Å². The minimum atomic E-state index is -4.89. The van der Waals surface area contributed by atoms with E-state index in [0.717, 1.165) is 61.7 Å². The van der Waals surface area contributed by atoms with Crippen LogP contribution in [0.15, 0.2) is 66.7 Å². The van der Waals surface area contributed by atoms with E-state index in [2.05, 4.69) is 15.0 Å². The molecule has 0 radical (unpaired) electrons. The van der Waals surface area contributed by atoms with Crippen molar-refractivity contribution in [1.29, 1.82) is 0 Å². The van der Waals surface area contributed by atoms with Gasteiger partial charge in [-0.1, -0.05) is 54.6 Å². The third kappa shape index (κ3) is 8.36. The van der Waals surface area contributed by atoms with Crippen molar-refractivity contribution in [3.8, 4) is 16.9 Å². The van der Waals surface area contributed by atoms with Gasteiger partial charge in [0.15, 0.2) is 0 Å². The van der Waals surface area contributed by atoms with Crippen molar-refractivity contribution >= 4 is 11.8 Å². The monoisotopic (exact) mass is 633 g/mol. The molecule has 1 heterocycles. The first-order chi connectivity index (χ1) is 21.4. The highest BCUT2D eigenvalue weighted by molar-refractivity contribution is 5.97. The number of alkyl halides is 6. The number of amides is 2. The molecule has 12 heteroatoms. The molecule has 1 fully saturated rings. The van der Waals surface area contributed by atoms with Crippen molar-refractivity contribution in [2.24, 2.45) is 0 Å². The largest absolute Gasteiger partial charge is 0.573 e. The molecular formula is C33H33F6N3O3. The number of halogens is 6. The van der Waals surface area contributed by atoms with Gasteiger partial charge in [-0.3, -0.25) is 9.59 Å². The number of unbranched alkanes of at least 4 members (excludes halogenated alkanes) is 1. The molecule has 6 nitrogen and oxygen atoms in total. The molecule has 1 saturated heterocycles. The number of carbonyl (C=O) groups is 2. The lowest BCUT2D eigenvalue weighted by atomic mass is 9.94. The van der Waals surface area contributed by atoms with E-state index in [9.17, 15) is 35.9 Å². The summed E-state index contributed by atoms with van der Waals surface area (Å²) in [5.74, 6) is -2.59. The van der Waals surface area contributed by atoms with Crippen LogP contribution in [-0.2, 0) is 11.2 Å². The van der Waals surface area contributed by atoms with Gasteiger partial charge in [0, 0.05) is 19.1 Å². The zero-order valence-electron chi connectivity index (χ0n) is 24.3. The van der Waals surface area contributed by atoms with E-state index in [1.165, 1.54) is 18.2 Å². The molecular weight excluding hydrogens is 600 g/mol. The maximum atomic E-state index is 12.8. The summed E-state index contributed by atoms with van der Waals surface area (Å²) in [5, 5.41) is 4.87. The normalized spacial score (nSPS) is 17.0. The van der Waals surface area contributed by atoms with Gasteiger partial charge in [0.25, 0.3) is 5.91 Å². The average Bonchev–Trinajstić information content (AvgIpc) is 3.32. The summed E-state index contributed by atoms with van der Waals surface area (Å²) in [6.07, 6.45) is -5.40. The first-order valence-electron chi connectivity index (χ1n) is 14.8. The van der Waals surface area contributed by atoms with Crippen molar-refractivity contribution in [1.82, 2.24) is 15.5 Å². The molecule has 3 aromatic rings. The van der Waals surface area contributed by atoms with Crippen LogP contribution < -0.4 is 15.4 Å². The second-order valence-electron chi connectivity index (χ2n) is 11.4. The van der Waals surface area contributed by atoms with Gasteiger partial charge < -0.3 is 20.3 Å². The van der Waals surface area contributed by atoms with Gasteiger partial charge in [0.1, 0.15) is 12.3 Å². The fourth-order valence-electron chi connectivity index (χ4n) is 6.07. The molecule has 1 unspecified atom stereocenters. The van der Waals surface area contributed by atoms with Gasteiger partial charge >= 0.3 is 12.5 Å². The number of rotatable bonds is 10. The smallest absolute Gasteiger partial charge is 0.405 e. The van der Waals surface area contributed by atoms with E-state index in [1.54, 1.807) is 12.1 Å². The maximum absolute atomic E-state index is 12.8. The predicted molar refractivity (Wildman–Crippen MR) is 156 cm³/mol. The van der Waals surface area contributed by atoms with Crippen LogP contribution >= 0.6 is 0 Å². The van der Waals surface area contributed by atoms with Crippen molar-refractivity contribution in [2.45, 2.75) is 56.6 Å². The Morgan fingerprint density at radius 2 is 1.53 bits per heavy atom. The number of nitrogens with zero attached hydrogens (tertiary/aromatic N) is 1. The molecule has 3 aromatic carbocycles. The van der Waals surface area contributed by atoms with Crippen LogP contribution in [0.1, 0.15) is 58.6 Å². The number of hydrogen-bond donors (Lipinski definition) is 2. The van der Waals surface area contributed by atoms with Crippen LogP contribution in [0.3, 0.4) is 0 Å². The van der Waals surface area contributed by atoms with E-state index < -0.39 is 42.6 Å². The lowest BCUT2D eigenvalue weighted by Crippen LogP contribution is -2.45. The van der Waals surface area contributed by atoms with Crippen molar-refractivity contribution in [3.63, 3.8) is 0 Å². The van der Waals surface area contributed by atoms with Crippen LogP contribution in [0.25, 0.3) is 11.1 Å². The van der Waals surface area contributed by atoms with Crippen molar-refractivity contribution in [2.75, 3.05) is 26.2 Å². The Bertz CT molecular complexity index is 1520. The molecule has 1 aliphatic carbocycles. The van der Waals surface area contributed by atoms with E-state index in [4.69, 9.17) is 0 Å². The molecule has 240 valence electrons. The number of ether oxygens (including phenoxy) is 1. The van der Waals surface area contributed by atoms with Gasteiger partial charge in [-0.15, -0.1) is 13.2 Å². The summed E-state index contributed by atoms with van der Waals surface area (Å²) in [5.41, 5.74) is 4.04. The lowest BCUT2D eigenvalue weighted by Gasteiger charge is -2.32. The second kappa shape index (κ2) is 13.5. The van der Waals surface area contributed by atoms with E-state index in [0.29, 0.717) is 24.0 Å². The summed E-state index contributed by atoms with van der Waals surface area (Å²) in [6.45, 7) is 0.982. The molecule has 1 atom stereocenters. The van der Waals surface area contributed by atoms with Crippen molar-refractivity contribution < 1.29 is 40.7 Å². The summed E-state index contributed by atoms with van der Waals surface area (Å²) in [6, 6.07) is 18.2. The second-order valence-corrected chi connectivity index (χ2v) is 11.4. The zero-order chi connectivity index (χ0) is 32.2. The molecule has 2 aliphatic rings. The Morgan fingerprint density at radius 3 is 2.27 bits per heavy atom. The summed E-state index contributed by atoms with van der Waals surface area (Å²) in [7, 11) is 0. The Morgan fingerprint density at radius 1 is 0.844 bits per heavy atom. The van der Waals surface area contributed by atoms with Crippen LogP contribution in [-0.4, -0.2) is 61.5 Å². The van der Waals surface area contributed by atoms with Crippen molar-refractivity contribution in [3.05, 3.63) is 89.0 Å². The van der Waals surface area contributed by atoms with Crippen LogP contribution in [0, 0.1) is 0 Å². The number of para-hydroxylation sites is 1. The quantitative estimate of drug-likeness (QED) is 0.195. The molecule has 0 aromatic heterocycles. The Labute approximate surface area is 256 Å². The number of likely N-dealkylation sites (tertiary alicyclic amines) is 1. The predicted octanol–water partition coefficient (Wildman–Crippen LogP) is 6.59. The molecule has 2 N–H and O–H groups in total. The molecule has 0 saturated carbocycles. The van der Waals surface area contributed by atoms with Gasteiger partial charge in [-0.25, -0.2) is 0 Å². The Kier molecular flexibility index (Phi) is 9.71. The van der Waals surface area contributed by atoms with E-state index >= 15 is 0 Å². The standard InChI is InChI=1S/C33H33F6N3O3/c34-32(35,36)20-40-31(44)29-24-9-2-1-8-23(24)27-19-21(12-13-25(27)29)7-5-6-16-42-17-14-22(15-18-42)41-30(43)26-10-3-4-11-28(26)45-33(37,38)39/h1-4,8-13,19,22,29H,5-7,14-18,20H2,(H,40,44)(H,41,43). The highest BCUT2D eigenvalue weighted by Crippen LogP contribution is 2.45. The minimum Gasteiger partial charge on any atom is -0.405 e. The molecule has 0 spiro atoms. The van der Waals surface area contributed by atoms with Gasteiger partial charge in [0.2, 0.25) is 5.91 Å². The highest BCUT2D eigenvalue weighted by Gasteiger charge is 2.36. The Hall–Kier alpha value is -4.06. The first-order valence-corrected chi connectivity index (χ1v) is 14.8. The van der Waals surface area contributed by atoms with Gasteiger partial charge in [-0.2, -0.15) is 13.2 Å². The number of aryl methyl sites for hydroxylation is 1. The molecule has 5 rings (SSSR count). The molecule has 2 amide bonds. The van der Waals surface area contributed by atoms with Gasteiger partial charge in [-0.05, 0) is 78.6 Å². The minimum absolute atomic E-state index is 0.152. The lowest BCUT2D eigenvalue weighted by molar-refractivity contribution is -0.274. The topological polar surface area (TPSA) is 70.7 Å². The summed E-state index contributed by atoms with van der Waals surface area (Å²) >= 11 is 0. The van der Waals surface area contributed by atoms with Crippen LogP contribution in [0.2, 0.25) is 0 Å². The fourth-order valence-corrected chi connectivity index (χ4v) is 6.07. The molecule has 45 heavy (non-hydrogen) atoms. The summed E-state index contributed by atoms with van der Waals surface area (Å²) < 4.78 is 80.3. The summed E-state index contributed by atoms with van der Waals surface area (Å²) in [4.78, 5) is 27.7. The molecule has 1 aliphatic heterocycles. The number of carbonyl (C=O) groups excluding carboxylic acids is 2.